The summed E-state index contributed by atoms with van der Waals surface area (Å²) >= 11 is 1.58. The van der Waals surface area contributed by atoms with Crippen LogP contribution in [-0.2, 0) is 10.3 Å². The Bertz CT molecular complexity index is 482. The molecule has 1 aromatic heterocycles. The van der Waals surface area contributed by atoms with Gasteiger partial charge in [0.15, 0.2) is 5.96 Å². The summed E-state index contributed by atoms with van der Waals surface area (Å²) in [7, 11) is 3.82. The summed E-state index contributed by atoms with van der Waals surface area (Å²) in [6.07, 6.45) is 0.162. The van der Waals surface area contributed by atoms with Crippen molar-refractivity contribution in [1.82, 2.24) is 15.5 Å². The summed E-state index contributed by atoms with van der Waals surface area (Å²) < 4.78 is 5.71. The first-order valence-electron chi connectivity index (χ1n) is 7.51. The third-order valence-electron chi connectivity index (χ3n) is 3.81. The second-order valence-corrected chi connectivity index (χ2v) is 6.63. The Kier molecular flexibility index (Phi) is 8.76. The van der Waals surface area contributed by atoms with E-state index in [1.54, 1.807) is 25.3 Å². The third-order valence-corrected chi connectivity index (χ3v) is 4.49. The number of halogens is 1. The second kappa shape index (κ2) is 9.77. The summed E-state index contributed by atoms with van der Waals surface area (Å²) in [6.45, 7) is 5.55. The number of aliphatic hydroxyl groups is 1. The summed E-state index contributed by atoms with van der Waals surface area (Å²) in [5.41, 5.74) is -0.00295. The normalized spacial score (nSPS) is 22.1. The summed E-state index contributed by atoms with van der Waals surface area (Å²) in [6, 6.07) is 1.94. The molecule has 0 spiro atoms. The van der Waals surface area contributed by atoms with Gasteiger partial charge >= 0.3 is 0 Å². The minimum absolute atomic E-state index is 0. The number of nitrogens with zero attached hydrogens (tertiary/aromatic N) is 2. The fourth-order valence-corrected chi connectivity index (χ4v) is 3.13. The van der Waals surface area contributed by atoms with Crippen LogP contribution >= 0.6 is 35.3 Å². The van der Waals surface area contributed by atoms with E-state index in [0.29, 0.717) is 19.0 Å². The minimum atomic E-state index is -0.917. The highest BCUT2D eigenvalue weighted by Crippen LogP contribution is 2.21. The molecule has 1 aliphatic rings. The van der Waals surface area contributed by atoms with Crippen LogP contribution in [0.3, 0.4) is 0 Å². The Balaban J connectivity index is 0.00000264. The van der Waals surface area contributed by atoms with Gasteiger partial charge in [-0.3, -0.25) is 4.99 Å². The second-order valence-electron chi connectivity index (χ2n) is 5.85. The maximum atomic E-state index is 10.5. The van der Waals surface area contributed by atoms with Gasteiger partial charge in [-0.25, -0.2) is 0 Å². The highest BCUT2D eigenvalue weighted by atomic mass is 127. The van der Waals surface area contributed by atoms with E-state index >= 15 is 0 Å². The molecule has 132 valence electrons. The maximum absolute atomic E-state index is 10.5. The number of hydrogen-bond acceptors (Lipinski definition) is 5. The number of hydrogen-bond donors (Lipinski definition) is 3. The molecular weight excluding hydrogens is 427 g/mol. The molecule has 0 aromatic carbocycles. The lowest BCUT2D eigenvalue weighted by atomic mass is 9.99. The standard InChI is InChI=1S/C15H26N4O2S.HI/c1-15(20,12-4-7-22-10-12)11-18-14(16-2)17-8-13-9-19(3)5-6-21-13;/h4,7,10,13,20H,5-6,8-9,11H2,1-3H3,(H2,16,17,18);1H. The van der Waals surface area contributed by atoms with Gasteiger partial charge in [-0.1, -0.05) is 0 Å². The van der Waals surface area contributed by atoms with Crippen molar-refractivity contribution in [3.8, 4) is 0 Å². The Morgan fingerprint density at radius 1 is 1.57 bits per heavy atom. The van der Waals surface area contributed by atoms with Crippen molar-refractivity contribution in [2.45, 2.75) is 18.6 Å². The molecule has 1 aromatic rings. The quantitative estimate of drug-likeness (QED) is 0.353. The summed E-state index contributed by atoms with van der Waals surface area (Å²) in [4.78, 5) is 6.45. The van der Waals surface area contributed by atoms with Crippen molar-refractivity contribution >= 4 is 41.3 Å². The van der Waals surface area contributed by atoms with E-state index in [1.807, 2.05) is 16.8 Å². The molecule has 2 heterocycles. The van der Waals surface area contributed by atoms with Gasteiger partial charge in [0, 0.05) is 26.7 Å². The molecule has 0 amide bonds. The number of thiophene rings is 1. The zero-order chi connectivity index (χ0) is 16.0. The monoisotopic (exact) mass is 454 g/mol. The van der Waals surface area contributed by atoms with Gasteiger partial charge < -0.3 is 25.4 Å². The lowest BCUT2D eigenvalue weighted by Gasteiger charge is -2.30. The van der Waals surface area contributed by atoms with Crippen LogP contribution in [0.1, 0.15) is 12.5 Å². The highest BCUT2D eigenvalue weighted by Gasteiger charge is 2.24. The Morgan fingerprint density at radius 3 is 2.96 bits per heavy atom. The third kappa shape index (κ3) is 6.54. The van der Waals surface area contributed by atoms with Crippen molar-refractivity contribution in [1.29, 1.82) is 0 Å². The van der Waals surface area contributed by atoms with Crippen LogP contribution in [0.5, 0.6) is 0 Å². The predicted octanol–water partition coefficient (Wildman–Crippen LogP) is 1.07. The first-order chi connectivity index (χ1) is 10.5. The molecule has 1 aliphatic heterocycles. The Labute approximate surface area is 159 Å². The summed E-state index contributed by atoms with van der Waals surface area (Å²) in [5.74, 6) is 0.673. The molecule has 0 bridgehead atoms. The molecule has 3 N–H and O–H groups in total. The first-order valence-corrected chi connectivity index (χ1v) is 8.45. The largest absolute Gasteiger partial charge is 0.384 e. The van der Waals surface area contributed by atoms with Crippen LogP contribution in [0.25, 0.3) is 0 Å². The van der Waals surface area contributed by atoms with Crippen molar-refractivity contribution in [3.63, 3.8) is 0 Å². The lowest BCUT2D eigenvalue weighted by Crippen LogP contribution is -2.50. The Hall–Kier alpha value is -0.420. The van der Waals surface area contributed by atoms with Gasteiger partial charge in [0.1, 0.15) is 5.60 Å². The van der Waals surface area contributed by atoms with E-state index in [2.05, 4.69) is 27.6 Å². The fourth-order valence-electron chi connectivity index (χ4n) is 2.35. The van der Waals surface area contributed by atoms with Crippen LogP contribution in [0.2, 0.25) is 0 Å². The predicted molar refractivity (Wildman–Crippen MR) is 106 cm³/mol. The molecule has 1 fully saturated rings. The number of guanidine groups is 1. The van der Waals surface area contributed by atoms with E-state index in [4.69, 9.17) is 4.74 Å². The van der Waals surface area contributed by atoms with Crippen LogP contribution in [0.15, 0.2) is 21.8 Å². The van der Waals surface area contributed by atoms with Crippen LogP contribution in [0, 0.1) is 0 Å². The molecule has 23 heavy (non-hydrogen) atoms. The van der Waals surface area contributed by atoms with Gasteiger partial charge in [0.2, 0.25) is 0 Å². The van der Waals surface area contributed by atoms with E-state index < -0.39 is 5.60 Å². The molecule has 1 saturated heterocycles. The molecule has 0 radical (unpaired) electrons. The number of likely N-dealkylation sites (N-methyl/N-ethyl adjacent to an activating group) is 1. The van der Waals surface area contributed by atoms with Gasteiger partial charge in [0.25, 0.3) is 0 Å². The van der Waals surface area contributed by atoms with Crippen LogP contribution < -0.4 is 10.6 Å². The van der Waals surface area contributed by atoms with Crippen LogP contribution in [0.4, 0.5) is 0 Å². The van der Waals surface area contributed by atoms with Gasteiger partial charge in [-0.15, -0.1) is 24.0 Å². The molecule has 0 saturated carbocycles. The SMILES string of the molecule is CN=C(NCC1CN(C)CCO1)NCC(C)(O)c1ccsc1.I. The lowest BCUT2D eigenvalue weighted by molar-refractivity contribution is -0.0161. The van der Waals surface area contributed by atoms with Crippen molar-refractivity contribution in [3.05, 3.63) is 22.4 Å². The molecule has 2 atom stereocenters. The van der Waals surface area contributed by atoms with E-state index in [-0.39, 0.29) is 30.1 Å². The smallest absolute Gasteiger partial charge is 0.191 e. The number of morpholine rings is 1. The topological polar surface area (TPSA) is 69.1 Å². The van der Waals surface area contributed by atoms with E-state index in [0.717, 1.165) is 25.3 Å². The zero-order valence-corrected chi connectivity index (χ0v) is 17.1. The summed E-state index contributed by atoms with van der Waals surface area (Å²) in [5, 5.41) is 20.9. The van der Waals surface area contributed by atoms with Crippen molar-refractivity contribution in [2.24, 2.45) is 4.99 Å². The maximum Gasteiger partial charge on any atom is 0.191 e. The van der Waals surface area contributed by atoms with Gasteiger partial charge in [-0.05, 0) is 36.4 Å². The van der Waals surface area contributed by atoms with E-state index in [9.17, 15) is 5.11 Å². The average molecular weight is 454 g/mol. The molecule has 6 nitrogen and oxygen atoms in total. The van der Waals surface area contributed by atoms with Gasteiger partial charge in [0.05, 0.1) is 19.3 Å². The van der Waals surface area contributed by atoms with Crippen molar-refractivity contribution < 1.29 is 9.84 Å². The minimum Gasteiger partial charge on any atom is -0.384 e. The van der Waals surface area contributed by atoms with Crippen molar-refractivity contribution in [2.75, 3.05) is 46.9 Å². The molecule has 8 heteroatoms. The first kappa shape index (κ1) is 20.6. The molecular formula is C15H27IN4O2S. The number of nitrogens with one attached hydrogen (secondary N) is 2. The average Bonchev–Trinajstić information content (AvgIpc) is 3.02. The van der Waals surface area contributed by atoms with E-state index in [1.165, 1.54) is 0 Å². The van der Waals surface area contributed by atoms with Gasteiger partial charge in [-0.2, -0.15) is 11.3 Å². The number of aliphatic imine (C=N–C) groups is 1. The molecule has 0 aliphatic carbocycles. The Morgan fingerprint density at radius 2 is 2.35 bits per heavy atom. The molecule has 2 rings (SSSR count). The fraction of sp³-hybridized carbons (Fsp3) is 0.667. The highest BCUT2D eigenvalue weighted by molar-refractivity contribution is 14.0. The number of ether oxygens (including phenoxy) is 1. The molecule has 2 unspecified atom stereocenters. The number of rotatable bonds is 5. The zero-order valence-electron chi connectivity index (χ0n) is 13.9. The van der Waals surface area contributed by atoms with Crippen LogP contribution in [-0.4, -0.2) is 69.0 Å².